The molecule has 0 aliphatic heterocycles. The van der Waals surface area contributed by atoms with E-state index >= 15 is 0 Å². The van der Waals surface area contributed by atoms with Gasteiger partial charge in [0.05, 0.1) is 19.8 Å². The van der Waals surface area contributed by atoms with Crippen molar-refractivity contribution < 1.29 is 29.1 Å². The Labute approximate surface area is 109 Å². The normalized spacial score (nSPS) is 10.3. The average molecular weight is 280 g/mol. The van der Waals surface area contributed by atoms with Crippen LogP contribution in [0.4, 0.5) is 0 Å². The van der Waals surface area contributed by atoms with E-state index in [1.54, 1.807) is 6.08 Å². The molecular weight excluding hydrogens is 257 g/mol. The molecule has 0 saturated carbocycles. The Morgan fingerprint density at radius 1 is 1.39 bits per heavy atom. The number of likely N-dealkylation sites (N-methyl/N-ethyl adjacent to an activating group) is 1. The summed E-state index contributed by atoms with van der Waals surface area (Å²) in [5.74, 6) is 2.62. The molecule has 0 rings (SSSR count). The van der Waals surface area contributed by atoms with Gasteiger partial charge in [-0.1, -0.05) is 6.08 Å². The van der Waals surface area contributed by atoms with Gasteiger partial charge in [0.2, 0.25) is 0 Å². The summed E-state index contributed by atoms with van der Waals surface area (Å²) in [6, 6.07) is 0. The third-order valence-corrected chi connectivity index (χ3v) is 2.45. The minimum atomic E-state index is -0.456. The molecule has 0 amide bonds. The van der Waals surface area contributed by atoms with Gasteiger partial charge in [-0.05, 0) is 0 Å². The monoisotopic (exact) mass is 280 g/mol. The second-order valence-corrected chi connectivity index (χ2v) is 4.32. The van der Waals surface area contributed by atoms with Crippen molar-refractivity contribution in [2.75, 3.05) is 47.1 Å². The summed E-state index contributed by atoms with van der Waals surface area (Å²) in [6.07, 6.45) is 1.11. The van der Waals surface area contributed by atoms with Gasteiger partial charge in [-0.3, -0.25) is 0 Å². The molecule has 0 aromatic carbocycles. The Morgan fingerprint density at radius 2 is 1.94 bits per heavy atom. The molecule has 0 aliphatic carbocycles. The molecule has 0 heterocycles. The van der Waals surface area contributed by atoms with E-state index < -0.39 is 6.10 Å². The predicted octanol–water partition coefficient (Wildman–Crippen LogP) is -0.194. The minimum absolute atomic E-state index is 0.0928. The van der Waals surface area contributed by atoms with Crippen molar-refractivity contribution >= 4 is 7.92 Å². The standard InChI is InChI=1S/C6H12O3.C5H11NO2P/c1-2-3-9-6(4-7)5-8;1-6(2,3-4-7)5-9-8/h2,6-8H,1,3-5H2;7H,3-4H2,1-2H3/q;+1. The zero-order valence-electron chi connectivity index (χ0n) is 10.9. The Bertz CT molecular complexity index is 298. The molecule has 0 unspecified atom stereocenters. The van der Waals surface area contributed by atoms with Crippen LogP contribution in [0.15, 0.2) is 12.7 Å². The fourth-order valence-corrected chi connectivity index (χ4v) is 1.10. The molecule has 0 aromatic rings. The quantitative estimate of drug-likeness (QED) is 0.342. The summed E-state index contributed by atoms with van der Waals surface area (Å²) in [6.45, 7) is 4.13. The van der Waals surface area contributed by atoms with Crippen LogP contribution < -0.4 is 0 Å². The summed E-state index contributed by atoms with van der Waals surface area (Å²) in [5, 5.41) is 25.3. The molecule has 0 aliphatic rings. The molecule has 0 spiro atoms. The van der Waals surface area contributed by atoms with Gasteiger partial charge in [-0.25, -0.2) is 0 Å². The van der Waals surface area contributed by atoms with E-state index in [1.165, 1.54) is 0 Å². The van der Waals surface area contributed by atoms with E-state index in [0.717, 1.165) is 0 Å². The molecular formula is C11H23NO5P+. The van der Waals surface area contributed by atoms with Crippen LogP contribution in [0.2, 0.25) is 0 Å². The van der Waals surface area contributed by atoms with Crippen LogP contribution in [0.3, 0.4) is 0 Å². The van der Waals surface area contributed by atoms with E-state index in [4.69, 9.17) is 20.1 Å². The van der Waals surface area contributed by atoms with Gasteiger partial charge in [0.25, 0.3) is 0 Å². The van der Waals surface area contributed by atoms with Crippen LogP contribution in [-0.2, 0) is 9.30 Å². The summed E-state index contributed by atoms with van der Waals surface area (Å²) in [5.41, 5.74) is 0. The van der Waals surface area contributed by atoms with Crippen LogP contribution in [0.1, 0.15) is 0 Å². The first-order valence-corrected chi connectivity index (χ1v) is 6.26. The maximum absolute atomic E-state index is 9.98. The van der Waals surface area contributed by atoms with Crippen LogP contribution in [0, 0.1) is 5.75 Å². The molecule has 7 heteroatoms. The van der Waals surface area contributed by atoms with E-state index in [-0.39, 0.29) is 27.7 Å². The SMILES string of the molecule is C=CCOC(CO)CO.C[N+](C)(C#P=O)CCO. The number of aliphatic hydroxyl groups is 3. The third-order valence-electron chi connectivity index (χ3n) is 1.83. The number of ether oxygens (including phenoxy) is 1. The number of rotatable bonds is 7. The summed E-state index contributed by atoms with van der Waals surface area (Å²) >= 11 is 0. The first-order chi connectivity index (χ1) is 8.47. The number of hydrogen-bond acceptors (Lipinski definition) is 5. The average Bonchev–Trinajstić information content (AvgIpc) is 2.31. The zero-order chi connectivity index (χ0) is 14.4. The molecule has 0 atom stereocenters. The second-order valence-electron chi connectivity index (χ2n) is 3.93. The zero-order valence-corrected chi connectivity index (χ0v) is 11.8. The van der Waals surface area contributed by atoms with Gasteiger partial charge < -0.3 is 14.9 Å². The van der Waals surface area contributed by atoms with Gasteiger partial charge in [0.15, 0.2) is 0 Å². The molecule has 0 aromatic heterocycles. The summed E-state index contributed by atoms with van der Waals surface area (Å²) < 4.78 is 15.2. The van der Waals surface area contributed by atoms with Crippen molar-refractivity contribution in [3.05, 3.63) is 12.7 Å². The number of hydrogen-bond donors (Lipinski definition) is 3. The summed E-state index contributed by atoms with van der Waals surface area (Å²) in [4.78, 5) is 0. The van der Waals surface area contributed by atoms with Crippen LogP contribution in [-0.4, -0.2) is 73.0 Å². The molecule has 0 fully saturated rings. The maximum atomic E-state index is 9.98. The van der Waals surface area contributed by atoms with Gasteiger partial charge in [0.1, 0.15) is 6.10 Å². The van der Waals surface area contributed by atoms with Gasteiger partial charge in [-0.15, -0.1) is 6.58 Å². The first kappa shape index (κ1) is 19.9. The number of aliphatic hydroxyl groups excluding tert-OH is 3. The Kier molecular flexibility index (Phi) is 14.3. The topological polar surface area (TPSA) is 87.0 Å². The van der Waals surface area contributed by atoms with Crippen molar-refractivity contribution in [2.45, 2.75) is 6.10 Å². The van der Waals surface area contributed by atoms with Crippen molar-refractivity contribution in [1.29, 1.82) is 0 Å². The molecule has 0 radical (unpaired) electrons. The summed E-state index contributed by atoms with van der Waals surface area (Å²) in [7, 11) is 3.54. The molecule has 3 N–H and O–H groups in total. The van der Waals surface area contributed by atoms with E-state index in [2.05, 4.69) is 12.3 Å². The first-order valence-electron chi connectivity index (χ1n) is 5.45. The van der Waals surface area contributed by atoms with Crippen LogP contribution in [0.5, 0.6) is 0 Å². The molecule has 6 nitrogen and oxygen atoms in total. The number of quaternary nitrogens is 1. The van der Waals surface area contributed by atoms with Crippen molar-refractivity contribution in [3.8, 4) is 5.75 Å². The van der Waals surface area contributed by atoms with Crippen molar-refractivity contribution in [1.82, 2.24) is 0 Å². The molecule has 0 bridgehead atoms. The molecule has 18 heavy (non-hydrogen) atoms. The van der Waals surface area contributed by atoms with E-state index in [0.29, 0.717) is 17.6 Å². The van der Waals surface area contributed by atoms with E-state index in [1.807, 2.05) is 14.1 Å². The second kappa shape index (κ2) is 13.0. The van der Waals surface area contributed by atoms with Gasteiger partial charge in [0, 0.05) is 0 Å². The van der Waals surface area contributed by atoms with E-state index in [9.17, 15) is 4.57 Å². The molecule has 106 valence electrons. The Balaban J connectivity index is 0. The third kappa shape index (κ3) is 13.6. The molecule has 0 saturated heterocycles. The predicted molar refractivity (Wildman–Crippen MR) is 69.7 cm³/mol. The van der Waals surface area contributed by atoms with Crippen LogP contribution >= 0.6 is 7.92 Å². The van der Waals surface area contributed by atoms with Gasteiger partial charge in [-0.2, -0.15) is 0 Å². The fraction of sp³-hybridized carbons (Fsp3) is 0.727. The van der Waals surface area contributed by atoms with Crippen molar-refractivity contribution in [2.24, 2.45) is 0 Å². The number of nitrogens with zero attached hydrogens (tertiary/aromatic N) is 1. The van der Waals surface area contributed by atoms with Gasteiger partial charge >= 0.3 is 55.1 Å². The fourth-order valence-electron chi connectivity index (χ4n) is 0.778. The van der Waals surface area contributed by atoms with Crippen LogP contribution in [0.25, 0.3) is 0 Å². The Hall–Kier alpha value is -0.450. The van der Waals surface area contributed by atoms with Crippen molar-refractivity contribution in [3.63, 3.8) is 0 Å². The Morgan fingerprint density at radius 3 is 2.28 bits per heavy atom.